The standard InChI is InChI=1S/C13H22N2O2S2/c1-2-12-5-7-18-13(12)9-15-19(16,17)10-11-4-3-6-14-8-11/h5,7,11,14-15H,2-4,6,8-10H2,1H3. The van der Waals surface area contributed by atoms with Crippen LogP contribution in [-0.2, 0) is 23.0 Å². The second-order valence-electron chi connectivity index (χ2n) is 5.04. The van der Waals surface area contributed by atoms with E-state index in [1.165, 1.54) is 5.56 Å². The van der Waals surface area contributed by atoms with Crippen LogP contribution in [0.1, 0.15) is 30.2 Å². The van der Waals surface area contributed by atoms with Gasteiger partial charge in [-0.1, -0.05) is 6.92 Å². The van der Waals surface area contributed by atoms with Crippen molar-refractivity contribution in [3.05, 3.63) is 21.9 Å². The Morgan fingerprint density at radius 2 is 2.37 bits per heavy atom. The summed E-state index contributed by atoms with van der Waals surface area (Å²) in [5, 5.41) is 5.28. The molecule has 6 heteroatoms. The van der Waals surface area contributed by atoms with E-state index in [9.17, 15) is 8.42 Å². The Labute approximate surface area is 119 Å². The van der Waals surface area contributed by atoms with Crippen molar-refractivity contribution in [3.8, 4) is 0 Å². The second kappa shape index (κ2) is 6.83. The fourth-order valence-corrected chi connectivity index (χ4v) is 4.84. The summed E-state index contributed by atoms with van der Waals surface area (Å²) in [6.45, 7) is 4.36. The largest absolute Gasteiger partial charge is 0.316 e. The molecule has 1 saturated heterocycles. The molecule has 2 heterocycles. The molecule has 1 unspecified atom stereocenters. The average Bonchev–Trinajstić information content (AvgIpc) is 2.84. The van der Waals surface area contributed by atoms with Gasteiger partial charge in [0.15, 0.2) is 0 Å². The molecule has 1 aromatic rings. The molecule has 0 spiro atoms. The van der Waals surface area contributed by atoms with E-state index < -0.39 is 10.0 Å². The molecule has 1 aliphatic heterocycles. The van der Waals surface area contributed by atoms with Crippen LogP contribution in [-0.4, -0.2) is 27.3 Å². The lowest BCUT2D eigenvalue weighted by atomic mass is 10.0. The zero-order chi connectivity index (χ0) is 13.7. The minimum atomic E-state index is -3.17. The number of sulfonamides is 1. The van der Waals surface area contributed by atoms with Crippen LogP contribution in [0.3, 0.4) is 0 Å². The lowest BCUT2D eigenvalue weighted by molar-refractivity contribution is 0.402. The summed E-state index contributed by atoms with van der Waals surface area (Å²) in [5.41, 5.74) is 1.24. The number of hydrogen-bond acceptors (Lipinski definition) is 4. The summed E-state index contributed by atoms with van der Waals surface area (Å²) >= 11 is 1.62. The van der Waals surface area contributed by atoms with E-state index in [0.717, 1.165) is 37.2 Å². The van der Waals surface area contributed by atoms with E-state index in [2.05, 4.69) is 23.0 Å². The third-order valence-corrected chi connectivity index (χ3v) is 5.98. The molecule has 1 aromatic heterocycles. The Hall–Kier alpha value is -0.430. The Morgan fingerprint density at radius 3 is 3.05 bits per heavy atom. The van der Waals surface area contributed by atoms with Crippen LogP contribution in [0.4, 0.5) is 0 Å². The van der Waals surface area contributed by atoms with Gasteiger partial charge in [-0.05, 0) is 55.3 Å². The number of piperidine rings is 1. The fraction of sp³-hybridized carbons (Fsp3) is 0.692. The van der Waals surface area contributed by atoms with Crippen molar-refractivity contribution >= 4 is 21.4 Å². The first-order valence-electron chi connectivity index (χ1n) is 6.84. The quantitative estimate of drug-likeness (QED) is 0.841. The second-order valence-corrected chi connectivity index (χ2v) is 7.89. The van der Waals surface area contributed by atoms with E-state index >= 15 is 0 Å². The Balaban J connectivity index is 1.86. The van der Waals surface area contributed by atoms with Crippen LogP contribution in [0.2, 0.25) is 0 Å². The molecule has 19 heavy (non-hydrogen) atoms. The van der Waals surface area contributed by atoms with Crippen molar-refractivity contribution in [3.63, 3.8) is 0 Å². The molecule has 4 nitrogen and oxygen atoms in total. The normalized spacial score (nSPS) is 20.6. The number of aryl methyl sites for hydroxylation is 1. The van der Waals surface area contributed by atoms with Gasteiger partial charge in [-0.15, -0.1) is 11.3 Å². The van der Waals surface area contributed by atoms with E-state index in [1.807, 2.05) is 5.38 Å². The van der Waals surface area contributed by atoms with Crippen molar-refractivity contribution in [1.29, 1.82) is 0 Å². The summed E-state index contributed by atoms with van der Waals surface area (Å²) in [7, 11) is -3.17. The molecule has 0 bridgehead atoms. The maximum Gasteiger partial charge on any atom is 0.212 e. The van der Waals surface area contributed by atoms with Gasteiger partial charge in [-0.3, -0.25) is 0 Å². The lowest BCUT2D eigenvalue weighted by Gasteiger charge is -2.22. The van der Waals surface area contributed by atoms with Gasteiger partial charge in [0.2, 0.25) is 10.0 Å². The van der Waals surface area contributed by atoms with E-state index in [0.29, 0.717) is 6.54 Å². The molecule has 0 saturated carbocycles. The van der Waals surface area contributed by atoms with Gasteiger partial charge in [0, 0.05) is 11.4 Å². The molecule has 0 amide bonds. The van der Waals surface area contributed by atoms with Crippen molar-refractivity contribution in [1.82, 2.24) is 10.0 Å². The van der Waals surface area contributed by atoms with Gasteiger partial charge >= 0.3 is 0 Å². The first-order chi connectivity index (χ1) is 9.11. The molecular weight excluding hydrogens is 280 g/mol. The predicted molar refractivity (Wildman–Crippen MR) is 79.9 cm³/mol. The van der Waals surface area contributed by atoms with E-state index in [4.69, 9.17) is 0 Å². The zero-order valence-electron chi connectivity index (χ0n) is 11.3. The molecule has 2 N–H and O–H groups in total. The average molecular weight is 302 g/mol. The van der Waals surface area contributed by atoms with Crippen LogP contribution in [0.15, 0.2) is 11.4 Å². The number of thiophene rings is 1. The van der Waals surface area contributed by atoms with E-state index in [1.54, 1.807) is 11.3 Å². The SMILES string of the molecule is CCc1ccsc1CNS(=O)(=O)CC1CCCNC1. The van der Waals surface area contributed by atoms with Crippen LogP contribution in [0.25, 0.3) is 0 Å². The fourth-order valence-electron chi connectivity index (χ4n) is 2.45. The topological polar surface area (TPSA) is 58.2 Å². The zero-order valence-corrected chi connectivity index (χ0v) is 12.9. The van der Waals surface area contributed by atoms with Crippen molar-refractivity contribution < 1.29 is 8.42 Å². The Morgan fingerprint density at radius 1 is 1.53 bits per heavy atom. The molecule has 1 aliphatic rings. The maximum atomic E-state index is 12.1. The molecule has 108 valence electrons. The first kappa shape index (κ1) is 15.0. The maximum absolute atomic E-state index is 12.1. The molecule has 1 atom stereocenters. The summed E-state index contributed by atoms with van der Waals surface area (Å²) < 4.78 is 26.9. The molecule has 0 aliphatic carbocycles. The highest BCUT2D eigenvalue weighted by molar-refractivity contribution is 7.89. The summed E-state index contributed by atoms with van der Waals surface area (Å²) in [6.07, 6.45) is 3.03. The van der Waals surface area contributed by atoms with Crippen LogP contribution < -0.4 is 10.0 Å². The number of hydrogen-bond donors (Lipinski definition) is 2. The highest BCUT2D eigenvalue weighted by atomic mass is 32.2. The number of rotatable bonds is 6. The summed E-state index contributed by atoms with van der Waals surface area (Å²) in [6, 6.07) is 2.07. The Bertz CT molecular complexity index is 490. The smallest absolute Gasteiger partial charge is 0.212 e. The van der Waals surface area contributed by atoms with Gasteiger partial charge in [-0.25, -0.2) is 13.1 Å². The van der Waals surface area contributed by atoms with Crippen molar-refractivity contribution in [2.24, 2.45) is 5.92 Å². The van der Waals surface area contributed by atoms with Gasteiger partial charge in [0.1, 0.15) is 0 Å². The monoisotopic (exact) mass is 302 g/mol. The van der Waals surface area contributed by atoms with Crippen LogP contribution in [0.5, 0.6) is 0 Å². The molecule has 0 aromatic carbocycles. The molecular formula is C13H22N2O2S2. The van der Waals surface area contributed by atoms with Gasteiger partial charge in [0.25, 0.3) is 0 Å². The lowest BCUT2D eigenvalue weighted by Crippen LogP contribution is -2.37. The predicted octanol–water partition coefficient (Wildman–Crippen LogP) is 1.73. The van der Waals surface area contributed by atoms with Crippen LogP contribution >= 0.6 is 11.3 Å². The van der Waals surface area contributed by atoms with Crippen LogP contribution in [0, 0.1) is 5.92 Å². The van der Waals surface area contributed by atoms with E-state index in [-0.39, 0.29) is 11.7 Å². The highest BCUT2D eigenvalue weighted by Gasteiger charge is 2.21. The molecule has 2 rings (SSSR count). The Kier molecular flexibility index (Phi) is 5.38. The van der Waals surface area contributed by atoms with Gasteiger partial charge in [0.05, 0.1) is 5.75 Å². The van der Waals surface area contributed by atoms with Gasteiger partial charge < -0.3 is 5.32 Å². The minimum absolute atomic E-state index is 0.243. The molecule has 1 fully saturated rings. The first-order valence-corrected chi connectivity index (χ1v) is 9.37. The summed E-state index contributed by atoms with van der Waals surface area (Å²) in [5.74, 6) is 0.493. The highest BCUT2D eigenvalue weighted by Crippen LogP contribution is 2.18. The minimum Gasteiger partial charge on any atom is -0.316 e. The van der Waals surface area contributed by atoms with Gasteiger partial charge in [-0.2, -0.15) is 0 Å². The third kappa shape index (κ3) is 4.56. The van der Waals surface area contributed by atoms with Crippen molar-refractivity contribution in [2.75, 3.05) is 18.8 Å². The molecule has 0 radical (unpaired) electrons. The summed E-state index contributed by atoms with van der Waals surface area (Å²) in [4.78, 5) is 1.13. The third-order valence-electron chi connectivity index (χ3n) is 3.53. The number of nitrogens with one attached hydrogen (secondary N) is 2. The van der Waals surface area contributed by atoms with Crippen molar-refractivity contribution in [2.45, 2.75) is 32.7 Å².